The largest absolute Gasteiger partial charge is 0.322 e. The molecule has 0 fully saturated rings. The molecule has 0 unspecified atom stereocenters. The Morgan fingerprint density at radius 1 is 0.636 bits per heavy atom. The molecule has 0 bridgehead atoms. The van der Waals surface area contributed by atoms with Gasteiger partial charge in [0.15, 0.2) is 0 Å². The van der Waals surface area contributed by atoms with Crippen LogP contribution < -0.4 is 0 Å². The molecule has 0 rings (SSSR count). The molecule has 0 aliphatic carbocycles. The minimum atomic E-state index is -2.35. The van der Waals surface area contributed by atoms with Gasteiger partial charge in [0.2, 0.25) is 0 Å². The summed E-state index contributed by atoms with van der Waals surface area (Å²) in [6, 6.07) is 0. The first-order chi connectivity index (χ1) is 10.5. The summed E-state index contributed by atoms with van der Waals surface area (Å²) < 4.78 is 24.7. The molecule has 0 saturated heterocycles. The van der Waals surface area contributed by atoms with Crippen molar-refractivity contribution in [3.05, 3.63) is 0 Å². The summed E-state index contributed by atoms with van der Waals surface area (Å²) in [5.74, 6) is 0. The van der Waals surface area contributed by atoms with E-state index < -0.39 is 8.25 Å². The minimum Gasteiger partial charge on any atom is -0.322 e. The Labute approximate surface area is 138 Å². The van der Waals surface area contributed by atoms with Crippen molar-refractivity contribution < 1.29 is 22.6 Å². The van der Waals surface area contributed by atoms with Gasteiger partial charge >= 0.3 is 8.25 Å². The van der Waals surface area contributed by atoms with E-state index in [2.05, 4.69) is 41.5 Å². The van der Waals surface area contributed by atoms with Gasteiger partial charge in [0, 0.05) is 0 Å². The molecule has 0 aliphatic heterocycles. The van der Waals surface area contributed by atoms with Crippen molar-refractivity contribution in [1.29, 1.82) is 0 Å². The van der Waals surface area contributed by atoms with E-state index in [4.69, 9.17) is 9.05 Å². The van der Waals surface area contributed by atoms with Crippen molar-refractivity contribution in [1.82, 2.24) is 0 Å². The lowest BCUT2D eigenvalue weighted by molar-refractivity contribution is -0.923. The lowest BCUT2D eigenvalue weighted by Gasteiger charge is -2.36. The van der Waals surface area contributed by atoms with E-state index in [1.165, 1.54) is 0 Å². The minimum absolute atomic E-state index is 0.517. The van der Waals surface area contributed by atoms with E-state index in [1.54, 1.807) is 0 Å². The number of quaternary nitrogens is 2. The summed E-state index contributed by atoms with van der Waals surface area (Å²) in [5.41, 5.74) is 0. The Kier molecular flexibility index (Phi) is 11.6. The fourth-order valence-corrected chi connectivity index (χ4v) is 3.58. The van der Waals surface area contributed by atoms with Crippen molar-refractivity contribution in [3.63, 3.8) is 0 Å². The number of hydrogen-bond donors (Lipinski definition) is 0. The molecule has 0 atom stereocenters. The molecular formula is C16H39N2O3P+2. The number of nitrogens with zero attached hydrogens (tertiary/aromatic N) is 2. The van der Waals surface area contributed by atoms with Gasteiger partial charge in [-0.15, -0.1) is 0 Å². The highest BCUT2D eigenvalue weighted by Gasteiger charge is 2.22. The zero-order valence-electron chi connectivity index (χ0n) is 15.7. The second-order valence-electron chi connectivity index (χ2n) is 5.97. The molecule has 0 N–H and O–H groups in total. The van der Waals surface area contributed by atoms with E-state index in [0.717, 1.165) is 61.3 Å². The molecule has 5 nitrogen and oxygen atoms in total. The third-order valence-electron chi connectivity index (χ3n) is 5.60. The fraction of sp³-hybridized carbons (Fsp3) is 1.00. The van der Waals surface area contributed by atoms with Crippen LogP contribution >= 0.6 is 8.25 Å². The topological polar surface area (TPSA) is 35.5 Å². The Morgan fingerprint density at radius 2 is 0.909 bits per heavy atom. The van der Waals surface area contributed by atoms with Gasteiger partial charge in [-0.25, -0.2) is 0 Å². The van der Waals surface area contributed by atoms with Gasteiger partial charge in [0.25, 0.3) is 0 Å². The van der Waals surface area contributed by atoms with Crippen molar-refractivity contribution in [2.24, 2.45) is 0 Å². The van der Waals surface area contributed by atoms with Gasteiger partial charge in [-0.05, 0) is 41.5 Å². The number of likely N-dealkylation sites (N-methyl/N-ethyl adjacent to an activating group) is 2. The van der Waals surface area contributed by atoms with Crippen LogP contribution in [0.25, 0.3) is 0 Å². The smallest absolute Gasteiger partial charge is 0.319 e. The van der Waals surface area contributed by atoms with Crippen LogP contribution in [-0.2, 0) is 13.6 Å². The summed E-state index contributed by atoms with van der Waals surface area (Å²) in [5, 5.41) is 0. The molecule has 134 valence electrons. The monoisotopic (exact) mass is 338 g/mol. The Morgan fingerprint density at radius 3 is 1.14 bits per heavy atom. The molecule has 0 heterocycles. The Balaban J connectivity index is 4.06. The molecule has 0 saturated carbocycles. The maximum atomic E-state index is 11.9. The standard InChI is InChI=1S/C16H39N2O3P/c1-7-17(8-2,9-3)13-15-20-22(19)21-16-14-18(10-4,11-5)12-6/h22H,7-16H2,1-6H3/q+2. The van der Waals surface area contributed by atoms with Crippen LogP contribution in [0.3, 0.4) is 0 Å². The highest BCUT2D eigenvalue weighted by atomic mass is 31.1. The summed E-state index contributed by atoms with van der Waals surface area (Å²) in [4.78, 5) is 0. The summed E-state index contributed by atoms with van der Waals surface area (Å²) in [6.07, 6.45) is 0. The molecule has 0 radical (unpaired) electrons. The normalized spacial score (nSPS) is 13.0. The molecule has 0 aliphatic rings. The van der Waals surface area contributed by atoms with Crippen LogP contribution in [0, 0.1) is 0 Å². The van der Waals surface area contributed by atoms with Crippen molar-refractivity contribution in [2.75, 3.05) is 65.6 Å². The van der Waals surface area contributed by atoms with Gasteiger partial charge in [0.1, 0.15) is 26.3 Å². The van der Waals surface area contributed by atoms with Gasteiger partial charge in [-0.3, -0.25) is 4.57 Å². The Hall–Kier alpha value is 0.0700. The van der Waals surface area contributed by atoms with Gasteiger partial charge in [0.05, 0.1) is 39.3 Å². The molecule has 0 aromatic carbocycles. The first-order valence-corrected chi connectivity index (χ1v) is 10.2. The SMILES string of the molecule is CC[N+](CC)(CC)CCO[PH](=O)OCC[N+](CC)(CC)CC. The van der Waals surface area contributed by atoms with Crippen molar-refractivity contribution in [2.45, 2.75) is 41.5 Å². The predicted molar refractivity (Wildman–Crippen MR) is 94.4 cm³/mol. The maximum Gasteiger partial charge on any atom is 0.319 e. The van der Waals surface area contributed by atoms with E-state index >= 15 is 0 Å². The number of hydrogen-bond acceptors (Lipinski definition) is 3. The first kappa shape index (κ1) is 22.1. The van der Waals surface area contributed by atoms with E-state index in [9.17, 15) is 4.57 Å². The van der Waals surface area contributed by atoms with Crippen molar-refractivity contribution in [3.8, 4) is 0 Å². The molecular weight excluding hydrogens is 299 g/mol. The van der Waals surface area contributed by atoms with E-state index in [-0.39, 0.29) is 0 Å². The van der Waals surface area contributed by atoms with Gasteiger partial charge in [-0.2, -0.15) is 0 Å². The fourth-order valence-electron chi connectivity index (χ4n) is 2.98. The number of rotatable bonds is 14. The van der Waals surface area contributed by atoms with Crippen LogP contribution in [0.5, 0.6) is 0 Å². The van der Waals surface area contributed by atoms with E-state index in [0.29, 0.717) is 13.2 Å². The zero-order valence-corrected chi connectivity index (χ0v) is 16.7. The summed E-state index contributed by atoms with van der Waals surface area (Å²) in [7, 11) is -2.35. The Bertz CT molecular complexity index is 261. The highest BCUT2D eigenvalue weighted by Crippen LogP contribution is 2.24. The predicted octanol–water partition coefficient (Wildman–Crippen LogP) is 3.16. The highest BCUT2D eigenvalue weighted by molar-refractivity contribution is 7.33. The third kappa shape index (κ3) is 7.10. The van der Waals surface area contributed by atoms with E-state index in [1.807, 2.05) is 0 Å². The first-order valence-electron chi connectivity index (χ1n) is 8.96. The van der Waals surface area contributed by atoms with Crippen LogP contribution in [-0.4, -0.2) is 74.5 Å². The van der Waals surface area contributed by atoms with Gasteiger partial charge < -0.3 is 18.0 Å². The quantitative estimate of drug-likeness (QED) is 0.360. The third-order valence-corrected chi connectivity index (χ3v) is 6.48. The molecule has 0 aromatic rings. The molecule has 6 heteroatoms. The van der Waals surface area contributed by atoms with Gasteiger partial charge in [-0.1, -0.05) is 0 Å². The zero-order chi connectivity index (χ0) is 17.1. The van der Waals surface area contributed by atoms with Crippen LogP contribution in [0.4, 0.5) is 0 Å². The molecule has 0 aromatic heterocycles. The average Bonchev–Trinajstić information content (AvgIpc) is 2.56. The van der Waals surface area contributed by atoms with Crippen LogP contribution in [0.1, 0.15) is 41.5 Å². The second-order valence-corrected chi connectivity index (χ2v) is 7.05. The second kappa shape index (κ2) is 11.6. The van der Waals surface area contributed by atoms with Crippen molar-refractivity contribution >= 4 is 8.25 Å². The molecule has 0 amide bonds. The molecule has 22 heavy (non-hydrogen) atoms. The van der Waals surface area contributed by atoms with Crippen LogP contribution in [0.15, 0.2) is 0 Å². The lowest BCUT2D eigenvalue weighted by atomic mass is 10.3. The molecule has 0 spiro atoms. The maximum absolute atomic E-state index is 11.9. The van der Waals surface area contributed by atoms with Crippen LogP contribution in [0.2, 0.25) is 0 Å². The summed E-state index contributed by atoms with van der Waals surface area (Å²) in [6.45, 7) is 22.5. The summed E-state index contributed by atoms with van der Waals surface area (Å²) >= 11 is 0. The lowest BCUT2D eigenvalue weighted by Crippen LogP contribution is -2.49. The average molecular weight is 338 g/mol.